The van der Waals surface area contributed by atoms with Crippen LogP contribution in [0.2, 0.25) is 0 Å². The fourth-order valence-electron chi connectivity index (χ4n) is 3.72. The number of piperidine rings is 1. The summed E-state index contributed by atoms with van der Waals surface area (Å²) >= 11 is 0. The molecule has 2 aliphatic carbocycles. The molecule has 1 unspecified atom stereocenters. The number of nitrogens with zero attached hydrogens (tertiary/aromatic N) is 2. The molecule has 2 saturated carbocycles. The highest BCUT2D eigenvalue weighted by molar-refractivity contribution is 4.96. The average Bonchev–Trinajstić information content (AvgIpc) is 3.28. The fraction of sp³-hybridized carbons (Fsp3) is 1.00. The van der Waals surface area contributed by atoms with Crippen molar-refractivity contribution in [1.82, 2.24) is 15.1 Å². The number of likely N-dealkylation sites (N-methyl/N-ethyl adjacent to an activating group) is 2. The Morgan fingerprint density at radius 3 is 2.42 bits per heavy atom. The molecule has 3 nitrogen and oxygen atoms in total. The van der Waals surface area contributed by atoms with Crippen molar-refractivity contribution < 1.29 is 0 Å². The van der Waals surface area contributed by atoms with Gasteiger partial charge < -0.3 is 15.1 Å². The third-order valence-electron chi connectivity index (χ3n) is 5.33. The zero-order valence-electron chi connectivity index (χ0n) is 12.8. The molecule has 1 heterocycles. The van der Waals surface area contributed by atoms with Gasteiger partial charge in [0.25, 0.3) is 0 Å². The second-order valence-corrected chi connectivity index (χ2v) is 7.19. The Morgan fingerprint density at radius 2 is 1.84 bits per heavy atom. The first kappa shape index (κ1) is 13.8. The summed E-state index contributed by atoms with van der Waals surface area (Å²) in [5.74, 6) is 2.05. The second-order valence-electron chi connectivity index (χ2n) is 7.19. The topological polar surface area (TPSA) is 18.5 Å². The maximum atomic E-state index is 3.87. The maximum Gasteiger partial charge on any atom is 0.0221 e. The van der Waals surface area contributed by atoms with Crippen LogP contribution < -0.4 is 5.32 Å². The highest BCUT2D eigenvalue weighted by Crippen LogP contribution is 2.44. The molecule has 0 radical (unpaired) electrons. The van der Waals surface area contributed by atoms with Crippen molar-refractivity contribution in [2.75, 3.05) is 40.3 Å². The largest absolute Gasteiger partial charge is 0.312 e. The van der Waals surface area contributed by atoms with Gasteiger partial charge in [-0.25, -0.2) is 0 Å². The fourth-order valence-corrected chi connectivity index (χ4v) is 3.72. The molecule has 3 aliphatic rings. The van der Waals surface area contributed by atoms with Crippen LogP contribution in [0.1, 0.15) is 38.5 Å². The average molecular weight is 265 g/mol. The van der Waals surface area contributed by atoms with Gasteiger partial charge in [0, 0.05) is 31.7 Å². The van der Waals surface area contributed by atoms with Gasteiger partial charge >= 0.3 is 0 Å². The first-order chi connectivity index (χ1) is 9.24. The van der Waals surface area contributed by atoms with Crippen LogP contribution in [-0.2, 0) is 0 Å². The van der Waals surface area contributed by atoms with Crippen LogP contribution in [0.4, 0.5) is 0 Å². The summed E-state index contributed by atoms with van der Waals surface area (Å²) in [6.45, 7) is 4.95. The molecule has 0 aromatic rings. The van der Waals surface area contributed by atoms with Crippen LogP contribution in [0, 0.1) is 11.8 Å². The molecule has 0 aromatic carbocycles. The molecule has 3 rings (SSSR count). The molecular formula is C16H31N3. The number of rotatable bonds is 7. The van der Waals surface area contributed by atoms with Gasteiger partial charge in [0.05, 0.1) is 0 Å². The van der Waals surface area contributed by atoms with E-state index in [1.807, 2.05) is 0 Å². The standard InChI is InChI=1S/C16H31N3/c1-18-10-3-4-15(12-18)19(2)11-9-17-16(13-5-6-13)14-7-8-14/h13-17H,3-12H2,1-2H3. The summed E-state index contributed by atoms with van der Waals surface area (Å²) in [7, 11) is 4.57. The Kier molecular flexibility index (Phi) is 4.45. The Balaban J connectivity index is 1.36. The molecule has 3 fully saturated rings. The predicted octanol–water partition coefficient (Wildman–Crippen LogP) is 1.79. The highest BCUT2D eigenvalue weighted by atomic mass is 15.2. The lowest BCUT2D eigenvalue weighted by Crippen LogP contribution is -2.47. The molecule has 19 heavy (non-hydrogen) atoms. The zero-order valence-corrected chi connectivity index (χ0v) is 12.8. The SMILES string of the molecule is CN1CCCC(N(C)CCNC(C2CC2)C2CC2)C1. The van der Waals surface area contributed by atoms with Crippen molar-refractivity contribution in [3.63, 3.8) is 0 Å². The van der Waals surface area contributed by atoms with Crippen molar-refractivity contribution in [2.24, 2.45) is 11.8 Å². The second kappa shape index (κ2) is 6.11. The molecular weight excluding hydrogens is 234 g/mol. The van der Waals surface area contributed by atoms with E-state index in [0.29, 0.717) is 0 Å². The molecule has 1 saturated heterocycles. The van der Waals surface area contributed by atoms with Crippen LogP contribution in [0.25, 0.3) is 0 Å². The lowest BCUT2D eigenvalue weighted by molar-refractivity contribution is 0.133. The third kappa shape index (κ3) is 3.93. The Morgan fingerprint density at radius 1 is 1.16 bits per heavy atom. The van der Waals surface area contributed by atoms with Crippen molar-refractivity contribution >= 4 is 0 Å². The quantitative estimate of drug-likeness (QED) is 0.757. The van der Waals surface area contributed by atoms with Gasteiger partial charge in [0.1, 0.15) is 0 Å². The van der Waals surface area contributed by atoms with Gasteiger partial charge in [-0.15, -0.1) is 0 Å². The van der Waals surface area contributed by atoms with E-state index in [2.05, 4.69) is 29.2 Å². The van der Waals surface area contributed by atoms with E-state index in [4.69, 9.17) is 0 Å². The molecule has 0 amide bonds. The monoisotopic (exact) mass is 265 g/mol. The normalized spacial score (nSPS) is 29.4. The summed E-state index contributed by atoms with van der Waals surface area (Å²) in [5, 5.41) is 3.87. The summed E-state index contributed by atoms with van der Waals surface area (Å²) in [5.41, 5.74) is 0. The van der Waals surface area contributed by atoms with E-state index < -0.39 is 0 Å². The summed E-state index contributed by atoms with van der Waals surface area (Å²) < 4.78 is 0. The molecule has 0 spiro atoms. The van der Waals surface area contributed by atoms with Crippen LogP contribution in [-0.4, -0.2) is 62.2 Å². The molecule has 1 aliphatic heterocycles. The van der Waals surface area contributed by atoms with Crippen molar-refractivity contribution in [1.29, 1.82) is 0 Å². The minimum Gasteiger partial charge on any atom is -0.312 e. The number of hydrogen-bond donors (Lipinski definition) is 1. The molecule has 0 bridgehead atoms. The van der Waals surface area contributed by atoms with Gasteiger partial charge in [-0.05, 0) is 71.0 Å². The van der Waals surface area contributed by atoms with E-state index in [0.717, 1.165) is 23.9 Å². The smallest absolute Gasteiger partial charge is 0.0221 e. The van der Waals surface area contributed by atoms with E-state index >= 15 is 0 Å². The molecule has 0 aromatic heterocycles. The number of nitrogens with one attached hydrogen (secondary N) is 1. The van der Waals surface area contributed by atoms with Crippen LogP contribution in [0.15, 0.2) is 0 Å². The van der Waals surface area contributed by atoms with Gasteiger partial charge in [-0.1, -0.05) is 0 Å². The van der Waals surface area contributed by atoms with Crippen molar-refractivity contribution in [2.45, 2.75) is 50.6 Å². The van der Waals surface area contributed by atoms with E-state index in [-0.39, 0.29) is 0 Å². The Hall–Kier alpha value is -0.120. The maximum absolute atomic E-state index is 3.87. The summed E-state index contributed by atoms with van der Waals surface area (Å²) in [4.78, 5) is 5.06. The lowest BCUT2D eigenvalue weighted by Gasteiger charge is -2.36. The van der Waals surface area contributed by atoms with E-state index in [1.165, 1.54) is 64.7 Å². The molecule has 3 heteroatoms. The van der Waals surface area contributed by atoms with E-state index in [9.17, 15) is 0 Å². The highest BCUT2D eigenvalue weighted by Gasteiger charge is 2.40. The minimum absolute atomic E-state index is 0.779. The predicted molar refractivity (Wildman–Crippen MR) is 80.4 cm³/mol. The van der Waals surface area contributed by atoms with Crippen LogP contribution in [0.5, 0.6) is 0 Å². The molecule has 1 N–H and O–H groups in total. The minimum atomic E-state index is 0.779. The summed E-state index contributed by atoms with van der Waals surface area (Å²) in [6, 6.07) is 1.64. The molecule has 1 atom stereocenters. The van der Waals surface area contributed by atoms with E-state index in [1.54, 1.807) is 0 Å². The third-order valence-corrected chi connectivity index (χ3v) is 5.33. The van der Waals surface area contributed by atoms with Crippen LogP contribution in [0.3, 0.4) is 0 Å². The first-order valence-corrected chi connectivity index (χ1v) is 8.36. The van der Waals surface area contributed by atoms with Gasteiger partial charge in [0.2, 0.25) is 0 Å². The summed E-state index contributed by atoms with van der Waals surface area (Å²) in [6.07, 6.45) is 8.69. The Labute approximate surface area is 118 Å². The first-order valence-electron chi connectivity index (χ1n) is 8.36. The van der Waals surface area contributed by atoms with Gasteiger partial charge in [-0.3, -0.25) is 0 Å². The molecule has 110 valence electrons. The van der Waals surface area contributed by atoms with Crippen molar-refractivity contribution in [3.05, 3.63) is 0 Å². The van der Waals surface area contributed by atoms with Gasteiger partial charge in [-0.2, -0.15) is 0 Å². The number of hydrogen-bond acceptors (Lipinski definition) is 3. The van der Waals surface area contributed by atoms with Crippen LogP contribution >= 0.6 is 0 Å². The van der Waals surface area contributed by atoms with Crippen molar-refractivity contribution in [3.8, 4) is 0 Å². The zero-order chi connectivity index (χ0) is 13.2. The Bertz CT molecular complexity index is 274. The number of likely N-dealkylation sites (tertiary alicyclic amines) is 1. The van der Waals surface area contributed by atoms with Gasteiger partial charge in [0.15, 0.2) is 0 Å². The lowest BCUT2D eigenvalue weighted by atomic mass is 10.0.